The van der Waals surface area contributed by atoms with E-state index in [1.54, 1.807) is 6.07 Å². The van der Waals surface area contributed by atoms with E-state index >= 15 is 0 Å². The van der Waals surface area contributed by atoms with Crippen LogP contribution in [0, 0.1) is 0 Å². The van der Waals surface area contributed by atoms with Crippen molar-refractivity contribution in [2.24, 2.45) is 0 Å². The molecule has 0 saturated heterocycles. The van der Waals surface area contributed by atoms with E-state index in [0.717, 1.165) is 32.1 Å². The van der Waals surface area contributed by atoms with Crippen LogP contribution in [0.25, 0.3) is 0 Å². The van der Waals surface area contributed by atoms with Crippen LogP contribution in [0.4, 0.5) is 4.79 Å². The Kier molecular flexibility index (Phi) is 7.84. The molecule has 1 aromatic rings. The molecule has 1 aliphatic carbocycles. The zero-order chi connectivity index (χ0) is 19.6. The summed E-state index contributed by atoms with van der Waals surface area (Å²) in [6.45, 7) is 1.41. The van der Waals surface area contributed by atoms with E-state index in [-0.39, 0.29) is 24.8 Å². The molecule has 1 aromatic heterocycles. The second-order valence-corrected chi connectivity index (χ2v) is 6.41. The third-order valence-corrected chi connectivity index (χ3v) is 4.21. The lowest BCUT2D eigenvalue weighted by Crippen LogP contribution is -2.48. The first-order valence-electron chi connectivity index (χ1n) is 9.08. The smallest absolute Gasteiger partial charge is 0.321 e. The van der Waals surface area contributed by atoms with Gasteiger partial charge in [-0.1, -0.05) is 19.3 Å². The van der Waals surface area contributed by atoms with Gasteiger partial charge in [0.1, 0.15) is 0 Å². The van der Waals surface area contributed by atoms with Crippen molar-refractivity contribution < 1.29 is 28.3 Å². The fraction of sp³-hybridized carbons (Fsp3) is 0.556. The highest BCUT2D eigenvalue weighted by Crippen LogP contribution is 2.17. The molecule has 3 N–H and O–H groups in total. The highest BCUT2D eigenvalue weighted by molar-refractivity contribution is 5.97. The first-order chi connectivity index (χ1) is 13.0. The molecule has 148 valence electrons. The number of carbonyl (C=O) groups is 4. The van der Waals surface area contributed by atoms with Crippen molar-refractivity contribution in [1.29, 1.82) is 0 Å². The average Bonchev–Trinajstić information content (AvgIpc) is 3.17. The zero-order valence-corrected chi connectivity index (χ0v) is 15.3. The van der Waals surface area contributed by atoms with Crippen molar-refractivity contribution in [1.82, 2.24) is 16.0 Å². The van der Waals surface area contributed by atoms with Crippen molar-refractivity contribution in [3.63, 3.8) is 0 Å². The molecule has 2 rings (SSSR count). The maximum Gasteiger partial charge on any atom is 0.321 e. The van der Waals surface area contributed by atoms with E-state index in [2.05, 4.69) is 16.0 Å². The van der Waals surface area contributed by atoms with Gasteiger partial charge in [0.05, 0.1) is 12.7 Å². The normalized spacial score (nSPS) is 15.4. The Morgan fingerprint density at radius 1 is 1.22 bits per heavy atom. The fourth-order valence-electron chi connectivity index (χ4n) is 2.76. The largest absolute Gasteiger partial charge is 0.459 e. The maximum absolute atomic E-state index is 11.9. The fourth-order valence-corrected chi connectivity index (χ4v) is 2.76. The van der Waals surface area contributed by atoms with Crippen molar-refractivity contribution in [3.8, 4) is 0 Å². The molecule has 4 amide bonds. The summed E-state index contributed by atoms with van der Waals surface area (Å²) in [7, 11) is 0. The Balaban J connectivity index is 1.63. The molecule has 9 heteroatoms. The Morgan fingerprint density at radius 2 is 1.96 bits per heavy atom. The number of hydrogen-bond donors (Lipinski definition) is 3. The number of amides is 4. The van der Waals surface area contributed by atoms with Crippen molar-refractivity contribution in [3.05, 3.63) is 24.2 Å². The minimum atomic E-state index is -1.12. The zero-order valence-electron chi connectivity index (χ0n) is 15.3. The van der Waals surface area contributed by atoms with Gasteiger partial charge in [0.2, 0.25) is 0 Å². The number of hydrogen-bond acceptors (Lipinski definition) is 6. The molecule has 1 saturated carbocycles. The van der Waals surface area contributed by atoms with E-state index in [1.165, 1.54) is 19.3 Å². The minimum Gasteiger partial charge on any atom is -0.459 e. The highest BCUT2D eigenvalue weighted by atomic mass is 16.5. The number of imide groups is 1. The average molecular weight is 379 g/mol. The molecule has 1 atom stereocenters. The standard InChI is InChI=1S/C18H25N3O6/c1-12(16(23)21-18(25)20-13-6-3-2-4-7-13)27-15(22)9-10-19-17(24)14-8-5-11-26-14/h5,8,11-13H,2-4,6-7,9-10H2,1H3,(H,19,24)(H2,20,21,23,25). The summed E-state index contributed by atoms with van der Waals surface area (Å²) in [5.41, 5.74) is 0. The van der Waals surface area contributed by atoms with Crippen LogP contribution in [-0.4, -0.2) is 42.5 Å². The van der Waals surface area contributed by atoms with Gasteiger partial charge in [-0.2, -0.15) is 0 Å². The molecule has 0 aromatic carbocycles. The topological polar surface area (TPSA) is 127 Å². The molecular formula is C18H25N3O6. The number of rotatable bonds is 7. The van der Waals surface area contributed by atoms with Crippen LogP contribution < -0.4 is 16.0 Å². The molecule has 1 heterocycles. The van der Waals surface area contributed by atoms with Gasteiger partial charge in [0, 0.05) is 12.6 Å². The first kappa shape index (κ1) is 20.5. The van der Waals surface area contributed by atoms with Crippen LogP contribution in [0.5, 0.6) is 0 Å². The van der Waals surface area contributed by atoms with Gasteiger partial charge in [-0.25, -0.2) is 4.79 Å². The van der Waals surface area contributed by atoms with E-state index in [0.29, 0.717) is 0 Å². The lowest BCUT2D eigenvalue weighted by atomic mass is 9.96. The van der Waals surface area contributed by atoms with Gasteiger partial charge in [-0.05, 0) is 31.9 Å². The lowest BCUT2D eigenvalue weighted by molar-refractivity contribution is -0.154. The summed E-state index contributed by atoms with van der Waals surface area (Å²) in [5, 5.41) is 7.43. The van der Waals surface area contributed by atoms with Gasteiger partial charge in [0.15, 0.2) is 11.9 Å². The summed E-state index contributed by atoms with van der Waals surface area (Å²) in [6.07, 6.45) is 5.22. The van der Waals surface area contributed by atoms with Gasteiger partial charge >= 0.3 is 12.0 Å². The molecule has 27 heavy (non-hydrogen) atoms. The van der Waals surface area contributed by atoms with E-state index in [9.17, 15) is 19.2 Å². The molecule has 9 nitrogen and oxygen atoms in total. The minimum absolute atomic E-state index is 0.0366. The second-order valence-electron chi connectivity index (χ2n) is 6.41. The van der Waals surface area contributed by atoms with Gasteiger partial charge in [-0.3, -0.25) is 19.7 Å². The van der Waals surface area contributed by atoms with Crippen LogP contribution >= 0.6 is 0 Å². The van der Waals surface area contributed by atoms with E-state index < -0.39 is 29.9 Å². The van der Waals surface area contributed by atoms with Gasteiger partial charge in [-0.15, -0.1) is 0 Å². The van der Waals surface area contributed by atoms with Gasteiger partial charge < -0.3 is 19.8 Å². The molecule has 0 bridgehead atoms. The Labute approximate surface area is 157 Å². The van der Waals surface area contributed by atoms with Crippen LogP contribution in [0.15, 0.2) is 22.8 Å². The monoisotopic (exact) mass is 379 g/mol. The Bertz CT molecular complexity index is 652. The first-order valence-corrected chi connectivity index (χ1v) is 9.08. The number of ether oxygens (including phenoxy) is 1. The molecule has 1 aliphatic rings. The van der Waals surface area contributed by atoms with E-state index in [1.807, 2.05) is 0 Å². The summed E-state index contributed by atoms with van der Waals surface area (Å²) < 4.78 is 9.89. The summed E-state index contributed by atoms with van der Waals surface area (Å²) in [5.74, 6) is -1.67. The van der Waals surface area contributed by atoms with Crippen molar-refractivity contribution >= 4 is 23.8 Å². The predicted octanol–water partition coefficient (Wildman–Crippen LogP) is 1.49. The molecule has 1 fully saturated rings. The maximum atomic E-state index is 11.9. The molecule has 1 unspecified atom stereocenters. The quantitative estimate of drug-likeness (QED) is 0.616. The third-order valence-electron chi connectivity index (χ3n) is 4.21. The number of esters is 1. The number of nitrogens with one attached hydrogen (secondary N) is 3. The number of furan rings is 1. The lowest BCUT2D eigenvalue weighted by Gasteiger charge is -2.23. The molecule has 0 aliphatic heterocycles. The molecular weight excluding hydrogens is 354 g/mol. The summed E-state index contributed by atoms with van der Waals surface area (Å²) in [6, 6.07) is 2.56. The highest BCUT2D eigenvalue weighted by Gasteiger charge is 2.22. The van der Waals surface area contributed by atoms with Gasteiger partial charge in [0.25, 0.3) is 11.8 Å². The van der Waals surface area contributed by atoms with E-state index in [4.69, 9.17) is 9.15 Å². The summed E-state index contributed by atoms with van der Waals surface area (Å²) in [4.78, 5) is 47.2. The second kappa shape index (κ2) is 10.3. The molecule has 0 radical (unpaired) electrons. The number of urea groups is 1. The van der Waals surface area contributed by atoms with Crippen molar-refractivity contribution in [2.45, 2.75) is 57.6 Å². The Hall–Kier alpha value is -2.84. The van der Waals surface area contributed by atoms with Crippen LogP contribution in [0.1, 0.15) is 56.0 Å². The SMILES string of the molecule is CC(OC(=O)CCNC(=O)c1ccco1)C(=O)NC(=O)NC1CCCCC1. The molecule has 0 spiro atoms. The summed E-state index contributed by atoms with van der Waals surface area (Å²) >= 11 is 0. The predicted molar refractivity (Wildman–Crippen MR) is 94.8 cm³/mol. The number of carbonyl (C=O) groups excluding carboxylic acids is 4. The van der Waals surface area contributed by atoms with Crippen molar-refractivity contribution in [2.75, 3.05) is 6.54 Å². The van der Waals surface area contributed by atoms with Crippen LogP contribution in [-0.2, 0) is 14.3 Å². The Morgan fingerprint density at radius 3 is 2.63 bits per heavy atom. The third kappa shape index (κ3) is 7.12. The van der Waals surface area contributed by atoms with Crippen LogP contribution in [0.2, 0.25) is 0 Å². The van der Waals surface area contributed by atoms with Crippen LogP contribution in [0.3, 0.4) is 0 Å².